The fourth-order valence-corrected chi connectivity index (χ4v) is 8.46. The minimum Gasteiger partial charge on any atom is -0.481 e. The minimum atomic E-state index is -2.92. The van der Waals surface area contributed by atoms with E-state index in [0.717, 1.165) is 17.3 Å². The van der Waals surface area contributed by atoms with Gasteiger partial charge in [-0.05, 0) is 86.6 Å². The molecule has 3 aliphatic rings. The Labute approximate surface area is 308 Å². The summed E-state index contributed by atoms with van der Waals surface area (Å²) in [4.78, 5) is 41.5. The van der Waals surface area contributed by atoms with Crippen LogP contribution in [0, 0.1) is 11.8 Å². The van der Waals surface area contributed by atoms with Crippen LogP contribution in [-0.2, 0) is 27.3 Å². The lowest BCUT2D eigenvalue weighted by atomic mass is 9.78. The summed E-state index contributed by atoms with van der Waals surface area (Å²) in [7, 11) is 0. The van der Waals surface area contributed by atoms with Crippen molar-refractivity contribution in [2.24, 2.45) is 11.8 Å². The number of rotatable bonds is 13. The van der Waals surface area contributed by atoms with Gasteiger partial charge in [0.15, 0.2) is 0 Å². The molecule has 6 rings (SSSR count). The highest BCUT2D eigenvalue weighted by Crippen LogP contribution is 2.38. The van der Waals surface area contributed by atoms with Crippen molar-refractivity contribution in [3.05, 3.63) is 83.2 Å². The Bertz CT molecular complexity index is 1630. The molecule has 1 N–H and O–H groups in total. The van der Waals surface area contributed by atoms with Crippen LogP contribution >= 0.6 is 0 Å². The summed E-state index contributed by atoms with van der Waals surface area (Å²) in [6.45, 7) is 4.63. The molecule has 9 nitrogen and oxygen atoms in total. The van der Waals surface area contributed by atoms with E-state index in [1.807, 2.05) is 35.2 Å². The Balaban J connectivity index is 1.34. The third-order valence-electron chi connectivity index (χ3n) is 11.2. The zero-order valence-corrected chi connectivity index (χ0v) is 30.1. The molecule has 3 heterocycles. The van der Waals surface area contributed by atoms with Crippen molar-refractivity contribution in [2.45, 2.75) is 102 Å². The molecule has 3 aromatic rings. The number of aromatic nitrogens is 2. The van der Waals surface area contributed by atoms with Crippen LogP contribution in [0.4, 0.5) is 29.2 Å². The van der Waals surface area contributed by atoms with Crippen molar-refractivity contribution in [3.8, 4) is 0 Å². The van der Waals surface area contributed by atoms with Gasteiger partial charge in [0.2, 0.25) is 11.9 Å². The zero-order chi connectivity index (χ0) is 37.5. The van der Waals surface area contributed by atoms with E-state index < -0.39 is 29.9 Å². The fraction of sp³-hybridized carbons (Fsp3) is 0.550. The van der Waals surface area contributed by atoms with Crippen LogP contribution in [0.2, 0.25) is 0 Å². The number of aliphatic carboxylic acids is 1. The lowest BCUT2D eigenvalue weighted by molar-refractivity contribution is -0.145. The smallest absolute Gasteiger partial charge is 0.303 e. The average molecular weight is 740 g/mol. The Morgan fingerprint density at radius 1 is 0.887 bits per heavy atom. The lowest BCUT2D eigenvalue weighted by Crippen LogP contribution is -2.59. The Morgan fingerprint density at radius 2 is 1.51 bits per heavy atom. The molecule has 1 unspecified atom stereocenters. The fourth-order valence-electron chi connectivity index (χ4n) is 8.46. The Morgan fingerprint density at radius 3 is 2.09 bits per heavy atom. The molecule has 53 heavy (non-hydrogen) atoms. The summed E-state index contributed by atoms with van der Waals surface area (Å²) >= 11 is 0. The molecule has 0 radical (unpaired) electrons. The molecular formula is C40H49F4N5O4. The predicted octanol–water partition coefficient (Wildman–Crippen LogP) is 7.86. The van der Waals surface area contributed by atoms with Crippen LogP contribution in [0.15, 0.2) is 60.9 Å². The Kier molecular flexibility index (Phi) is 12.9. The number of alkyl halides is 4. The molecular weight excluding hydrogens is 690 g/mol. The number of halogens is 4. The monoisotopic (exact) mass is 739 g/mol. The van der Waals surface area contributed by atoms with E-state index in [1.165, 1.54) is 12.1 Å². The SMILES string of the molecule is CCC1C[C@@H](N(Cc2cc(C(F)F)cc(C(F)F)c2)c2ncc(N3CCOCC3)cn2)C[C@@H](Cc2ccccc2)N1C(=O)C1CCC(CC(=O)O)CC1. The number of morpholine rings is 1. The molecule has 13 heteroatoms. The molecule has 0 bridgehead atoms. The van der Waals surface area contributed by atoms with E-state index in [9.17, 15) is 32.3 Å². The maximum atomic E-state index is 14.5. The number of hydrogen-bond donors (Lipinski definition) is 1. The van der Waals surface area contributed by atoms with Crippen molar-refractivity contribution in [1.82, 2.24) is 14.9 Å². The summed E-state index contributed by atoms with van der Waals surface area (Å²) in [5, 5.41) is 9.32. The van der Waals surface area contributed by atoms with Crippen LogP contribution in [0.1, 0.15) is 93.4 Å². The maximum absolute atomic E-state index is 14.5. The highest BCUT2D eigenvalue weighted by molar-refractivity contribution is 5.80. The molecule has 0 spiro atoms. The number of amides is 1. The van der Waals surface area contributed by atoms with Gasteiger partial charge in [0.1, 0.15) is 0 Å². The van der Waals surface area contributed by atoms with Crippen LogP contribution in [0.5, 0.6) is 0 Å². The number of nitrogens with zero attached hydrogens (tertiary/aromatic N) is 5. The van der Waals surface area contributed by atoms with Crippen molar-refractivity contribution < 1.29 is 37.0 Å². The number of hydrogen-bond acceptors (Lipinski definition) is 7. The first kappa shape index (κ1) is 38.5. The van der Waals surface area contributed by atoms with Gasteiger partial charge in [-0.2, -0.15) is 0 Å². The van der Waals surface area contributed by atoms with Crippen LogP contribution in [0.3, 0.4) is 0 Å². The van der Waals surface area contributed by atoms with Crippen molar-refractivity contribution in [3.63, 3.8) is 0 Å². The first-order valence-electron chi connectivity index (χ1n) is 18.8. The zero-order valence-electron chi connectivity index (χ0n) is 30.1. The topological polar surface area (TPSA) is 99.1 Å². The molecule has 1 saturated carbocycles. The quantitative estimate of drug-likeness (QED) is 0.177. The van der Waals surface area contributed by atoms with Gasteiger partial charge in [0.25, 0.3) is 12.9 Å². The van der Waals surface area contributed by atoms with E-state index in [0.29, 0.717) is 89.2 Å². The molecule has 3 atom stereocenters. The average Bonchev–Trinajstić information content (AvgIpc) is 3.17. The normalized spacial score (nSPS) is 23.7. The number of ether oxygens (including phenoxy) is 1. The molecule has 286 valence electrons. The summed E-state index contributed by atoms with van der Waals surface area (Å²) in [5.74, 6) is -0.485. The number of carboxylic acids is 1. The van der Waals surface area contributed by atoms with Gasteiger partial charge in [0, 0.05) is 61.2 Å². The number of piperidine rings is 1. The molecule has 3 fully saturated rings. The van der Waals surface area contributed by atoms with Crippen molar-refractivity contribution in [1.29, 1.82) is 0 Å². The number of anilines is 2. The van der Waals surface area contributed by atoms with Crippen molar-refractivity contribution in [2.75, 3.05) is 36.1 Å². The van der Waals surface area contributed by atoms with Crippen LogP contribution < -0.4 is 9.80 Å². The predicted molar refractivity (Wildman–Crippen MR) is 193 cm³/mol. The van der Waals surface area contributed by atoms with Crippen LogP contribution in [0.25, 0.3) is 0 Å². The third kappa shape index (κ3) is 9.65. The summed E-state index contributed by atoms with van der Waals surface area (Å²) in [6, 6.07) is 12.8. The first-order chi connectivity index (χ1) is 25.6. The van der Waals surface area contributed by atoms with Gasteiger partial charge < -0.3 is 24.5 Å². The summed E-state index contributed by atoms with van der Waals surface area (Å²) in [5.41, 5.74) is 1.27. The van der Waals surface area contributed by atoms with Gasteiger partial charge in [-0.15, -0.1) is 0 Å². The van der Waals surface area contributed by atoms with Gasteiger partial charge in [-0.3, -0.25) is 9.59 Å². The maximum Gasteiger partial charge on any atom is 0.303 e. The highest BCUT2D eigenvalue weighted by Gasteiger charge is 2.43. The highest BCUT2D eigenvalue weighted by atomic mass is 19.3. The minimum absolute atomic E-state index is 0.0257. The van der Waals surface area contributed by atoms with E-state index >= 15 is 0 Å². The standard InChI is InChI=1S/C40H49F4N5O4/c1-2-32-21-33(22-34(18-26-6-4-3-5-7-26)49(32)39(52)29-10-8-27(9-11-29)19-36(50)51)48(25-28-16-30(37(41)42)20-31(17-28)38(43)44)40-45-23-35(24-46-40)47-12-14-53-15-13-47/h3-7,16-17,20,23-24,27,29,32-34,37-38H,2,8-15,18-19,21-22,25H2,1H3,(H,50,51)/t27?,29?,32?,33-,34-/m1/s1. The van der Waals surface area contributed by atoms with E-state index in [1.54, 1.807) is 12.4 Å². The second-order valence-electron chi connectivity index (χ2n) is 14.7. The second-order valence-corrected chi connectivity index (χ2v) is 14.7. The molecule has 1 aliphatic carbocycles. The van der Waals surface area contributed by atoms with E-state index in [2.05, 4.69) is 16.7 Å². The van der Waals surface area contributed by atoms with Crippen LogP contribution in [-0.4, -0.2) is 76.3 Å². The molecule has 1 aromatic heterocycles. The molecule has 2 saturated heterocycles. The van der Waals surface area contributed by atoms with E-state index in [4.69, 9.17) is 14.7 Å². The Hall–Kier alpha value is -4.26. The number of carbonyl (C=O) groups excluding carboxylic acids is 1. The van der Waals surface area contributed by atoms with Crippen molar-refractivity contribution >= 4 is 23.5 Å². The number of carbonyl (C=O) groups is 2. The van der Waals surface area contributed by atoms with Gasteiger partial charge in [0.05, 0.1) is 31.3 Å². The summed E-state index contributed by atoms with van der Waals surface area (Å²) in [6.07, 6.45) is 2.77. The van der Waals surface area contributed by atoms with E-state index in [-0.39, 0.29) is 48.8 Å². The van der Waals surface area contributed by atoms with Gasteiger partial charge in [-0.25, -0.2) is 27.5 Å². The largest absolute Gasteiger partial charge is 0.481 e. The third-order valence-corrected chi connectivity index (χ3v) is 11.2. The number of benzene rings is 2. The number of carboxylic acid groups (broad SMARTS) is 1. The molecule has 1 amide bonds. The van der Waals surface area contributed by atoms with Gasteiger partial charge >= 0.3 is 5.97 Å². The lowest BCUT2D eigenvalue weighted by Gasteiger charge is -2.49. The molecule has 2 aliphatic heterocycles. The number of likely N-dealkylation sites (tertiary alicyclic amines) is 1. The summed E-state index contributed by atoms with van der Waals surface area (Å²) < 4.78 is 61.4. The molecule has 2 aromatic carbocycles. The first-order valence-corrected chi connectivity index (χ1v) is 18.8. The second kappa shape index (κ2) is 17.7. The van der Waals surface area contributed by atoms with Gasteiger partial charge in [-0.1, -0.05) is 37.3 Å².